The molecule has 0 aliphatic carbocycles. The van der Waals surface area contributed by atoms with Gasteiger partial charge in [-0.3, -0.25) is 4.79 Å². The number of halogens is 1. The van der Waals surface area contributed by atoms with Crippen LogP contribution in [0.1, 0.15) is 28.9 Å². The van der Waals surface area contributed by atoms with Gasteiger partial charge in [-0.05, 0) is 36.8 Å². The fourth-order valence-corrected chi connectivity index (χ4v) is 2.45. The van der Waals surface area contributed by atoms with Gasteiger partial charge in [0, 0.05) is 10.6 Å². The summed E-state index contributed by atoms with van der Waals surface area (Å²) in [7, 11) is 4.54. The minimum absolute atomic E-state index is 0.172. The third-order valence-corrected chi connectivity index (χ3v) is 3.90. The van der Waals surface area contributed by atoms with Gasteiger partial charge in [0.05, 0.1) is 27.4 Å². The van der Waals surface area contributed by atoms with Crippen molar-refractivity contribution in [1.82, 2.24) is 5.32 Å². The van der Waals surface area contributed by atoms with E-state index in [4.69, 9.17) is 25.8 Å². The molecule has 5 nitrogen and oxygen atoms in total. The van der Waals surface area contributed by atoms with Crippen LogP contribution in [0.15, 0.2) is 36.4 Å². The third kappa shape index (κ3) is 3.92. The van der Waals surface area contributed by atoms with Crippen molar-refractivity contribution < 1.29 is 19.0 Å². The number of carbonyl (C=O) groups is 1. The van der Waals surface area contributed by atoms with Crippen molar-refractivity contribution in [3.05, 3.63) is 52.5 Å². The van der Waals surface area contributed by atoms with Gasteiger partial charge in [0.25, 0.3) is 5.91 Å². The zero-order valence-electron chi connectivity index (χ0n) is 14.1. The molecule has 2 aromatic rings. The van der Waals surface area contributed by atoms with E-state index in [2.05, 4.69) is 5.32 Å². The van der Waals surface area contributed by atoms with E-state index in [9.17, 15) is 4.79 Å². The molecule has 0 saturated carbocycles. The Morgan fingerprint density at radius 2 is 1.54 bits per heavy atom. The minimum atomic E-state index is -0.239. The van der Waals surface area contributed by atoms with Gasteiger partial charge in [-0.1, -0.05) is 23.7 Å². The number of hydrogen-bond donors (Lipinski definition) is 1. The first-order valence-electron chi connectivity index (χ1n) is 7.36. The Morgan fingerprint density at radius 3 is 2.00 bits per heavy atom. The SMILES string of the molecule is COc1cc(C(=O)NC(C)c2ccc(Cl)cc2)cc(OC)c1OC. The molecule has 0 saturated heterocycles. The van der Waals surface area contributed by atoms with Crippen LogP contribution in [0.5, 0.6) is 17.2 Å². The van der Waals surface area contributed by atoms with Gasteiger partial charge in [-0.15, -0.1) is 0 Å². The summed E-state index contributed by atoms with van der Waals surface area (Å²) < 4.78 is 15.8. The van der Waals surface area contributed by atoms with Gasteiger partial charge >= 0.3 is 0 Å². The molecule has 0 spiro atoms. The zero-order chi connectivity index (χ0) is 17.7. The molecule has 2 rings (SSSR count). The van der Waals surface area contributed by atoms with Crippen LogP contribution in [0.4, 0.5) is 0 Å². The molecule has 0 heterocycles. The Hall–Kier alpha value is -2.40. The molecule has 2 aromatic carbocycles. The van der Waals surface area contributed by atoms with Crippen molar-refractivity contribution >= 4 is 17.5 Å². The molecule has 0 aromatic heterocycles. The standard InChI is InChI=1S/C18H20ClNO4/c1-11(12-5-7-14(19)8-6-12)20-18(21)13-9-15(22-2)17(24-4)16(10-13)23-3/h5-11H,1-4H3,(H,20,21). The number of nitrogens with one attached hydrogen (secondary N) is 1. The van der Waals surface area contributed by atoms with Gasteiger partial charge in [0.15, 0.2) is 11.5 Å². The monoisotopic (exact) mass is 349 g/mol. The maximum Gasteiger partial charge on any atom is 0.252 e. The first kappa shape index (κ1) is 17.9. The molecule has 0 fully saturated rings. The predicted octanol–water partition coefficient (Wildman–Crippen LogP) is 3.86. The van der Waals surface area contributed by atoms with Crippen LogP contribution in [0.3, 0.4) is 0 Å². The maximum absolute atomic E-state index is 12.5. The van der Waals surface area contributed by atoms with Gasteiger partial charge in [0.1, 0.15) is 0 Å². The van der Waals surface area contributed by atoms with Gasteiger partial charge in [-0.25, -0.2) is 0 Å². The average Bonchev–Trinajstić information content (AvgIpc) is 2.60. The number of ether oxygens (including phenoxy) is 3. The minimum Gasteiger partial charge on any atom is -0.493 e. The Balaban J connectivity index is 2.24. The van der Waals surface area contributed by atoms with Crippen LogP contribution < -0.4 is 19.5 Å². The lowest BCUT2D eigenvalue weighted by Gasteiger charge is -2.17. The predicted molar refractivity (Wildman–Crippen MR) is 93.4 cm³/mol. The Labute approximate surface area is 146 Å². The summed E-state index contributed by atoms with van der Waals surface area (Å²) in [6.45, 7) is 1.90. The highest BCUT2D eigenvalue weighted by atomic mass is 35.5. The molecule has 0 bridgehead atoms. The molecule has 0 radical (unpaired) electrons. The van der Waals surface area contributed by atoms with E-state index in [1.807, 2.05) is 19.1 Å². The lowest BCUT2D eigenvalue weighted by Crippen LogP contribution is -2.26. The summed E-state index contributed by atoms with van der Waals surface area (Å²) in [6.07, 6.45) is 0. The quantitative estimate of drug-likeness (QED) is 0.860. The highest BCUT2D eigenvalue weighted by Crippen LogP contribution is 2.38. The second-order valence-corrected chi connectivity index (χ2v) is 5.60. The topological polar surface area (TPSA) is 56.8 Å². The maximum atomic E-state index is 12.5. The largest absolute Gasteiger partial charge is 0.493 e. The Bertz CT molecular complexity index is 690. The molecular formula is C18H20ClNO4. The van der Waals surface area contributed by atoms with E-state index >= 15 is 0 Å². The molecule has 1 amide bonds. The molecule has 1 atom stereocenters. The van der Waals surface area contributed by atoms with Crippen molar-refractivity contribution in [2.24, 2.45) is 0 Å². The van der Waals surface area contributed by atoms with Crippen LogP contribution in [-0.2, 0) is 0 Å². The van der Waals surface area contributed by atoms with E-state index in [0.29, 0.717) is 27.8 Å². The molecule has 1 N–H and O–H groups in total. The number of benzene rings is 2. The normalized spacial score (nSPS) is 11.5. The summed E-state index contributed by atoms with van der Waals surface area (Å²) in [5.74, 6) is 1.07. The van der Waals surface area contributed by atoms with Crippen LogP contribution in [0, 0.1) is 0 Å². The number of rotatable bonds is 6. The Morgan fingerprint density at radius 1 is 1.00 bits per heavy atom. The molecule has 0 aliphatic rings. The molecule has 1 unspecified atom stereocenters. The van der Waals surface area contributed by atoms with Crippen molar-refractivity contribution in [3.8, 4) is 17.2 Å². The molecule has 6 heteroatoms. The van der Waals surface area contributed by atoms with Crippen molar-refractivity contribution in [2.75, 3.05) is 21.3 Å². The van der Waals surface area contributed by atoms with Crippen LogP contribution in [0.25, 0.3) is 0 Å². The van der Waals surface area contributed by atoms with Gasteiger partial charge in [-0.2, -0.15) is 0 Å². The van der Waals surface area contributed by atoms with Gasteiger partial charge < -0.3 is 19.5 Å². The fourth-order valence-electron chi connectivity index (χ4n) is 2.33. The third-order valence-electron chi connectivity index (χ3n) is 3.64. The summed E-state index contributed by atoms with van der Waals surface area (Å²) in [6, 6.07) is 10.4. The van der Waals surface area contributed by atoms with Crippen molar-refractivity contribution in [2.45, 2.75) is 13.0 Å². The molecule has 128 valence electrons. The first-order valence-corrected chi connectivity index (χ1v) is 7.74. The zero-order valence-corrected chi connectivity index (χ0v) is 14.8. The fraction of sp³-hybridized carbons (Fsp3) is 0.278. The summed E-state index contributed by atoms with van der Waals surface area (Å²) >= 11 is 5.89. The number of carbonyl (C=O) groups excluding carboxylic acids is 1. The molecular weight excluding hydrogens is 330 g/mol. The lowest BCUT2D eigenvalue weighted by molar-refractivity contribution is 0.0939. The molecule has 24 heavy (non-hydrogen) atoms. The van der Waals surface area contributed by atoms with E-state index < -0.39 is 0 Å². The smallest absolute Gasteiger partial charge is 0.252 e. The van der Waals surface area contributed by atoms with Crippen LogP contribution in [-0.4, -0.2) is 27.2 Å². The van der Waals surface area contributed by atoms with Crippen molar-refractivity contribution in [3.63, 3.8) is 0 Å². The average molecular weight is 350 g/mol. The van der Waals surface area contributed by atoms with Crippen molar-refractivity contribution in [1.29, 1.82) is 0 Å². The van der Waals surface area contributed by atoms with Crippen LogP contribution in [0.2, 0.25) is 5.02 Å². The Kier molecular flexibility index (Phi) is 5.93. The van der Waals surface area contributed by atoms with E-state index in [1.165, 1.54) is 21.3 Å². The summed E-state index contributed by atoms with van der Waals surface area (Å²) in [5, 5.41) is 3.59. The second kappa shape index (κ2) is 7.93. The number of amides is 1. The van der Waals surface area contributed by atoms with E-state index in [-0.39, 0.29) is 11.9 Å². The number of methoxy groups -OCH3 is 3. The van der Waals surface area contributed by atoms with Crippen LogP contribution >= 0.6 is 11.6 Å². The highest BCUT2D eigenvalue weighted by molar-refractivity contribution is 6.30. The van der Waals surface area contributed by atoms with E-state index in [1.54, 1.807) is 24.3 Å². The molecule has 0 aliphatic heterocycles. The van der Waals surface area contributed by atoms with Gasteiger partial charge in [0.2, 0.25) is 5.75 Å². The first-order chi connectivity index (χ1) is 11.5. The highest BCUT2D eigenvalue weighted by Gasteiger charge is 2.18. The summed E-state index contributed by atoms with van der Waals surface area (Å²) in [5.41, 5.74) is 1.38. The number of hydrogen-bond acceptors (Lipinski definition) is 4. The second-order valence-electron chi connectivity index (χ2n) is 5.16. The van der Waals surface area contributed by atoms with E-state index in [0.717, 1.165) is 5.56 Å². The lowest BCUT2D eigenvalue weighted by atomic mass is 10.1. The summed E-state index contributed by atoms with van der Waals surface area (Å²) in [4.78, 5) is 12.5.